The highest BCUT2D eigenvalue weighted by Crippen LogP contribution is 2.32. The fraction of sp³-hybridized carbons (Fsp3) is 0.133. The third-order valence-electron chi connectivity index (χ3n) is 3.38. The van der Waals surface area contributed by atoms with Gasteiger partial charge >= 0.3 is 0 Å². The number of benzene rings is 2. The molecule has 0 saturated heterocycles. The predicted octanol–water partition coefficient (Wildman–Crippen LogP) is 4.11. The van der Waals surface area contributed by atoms with Gasteiger partial charge in [-0.2, -0.15) is 0 Å². The van der Waals surface area contributed by atoms with Crippen LogP contribution in [0, 0.1) is 0 Å². The van der Waals surface area contributed by atoms with Crippen molar-refractivity contribution in [3.8, 4) is 11.4 Å². The van der Waals surface area contributed by atoms with Crippen LogP contribution in [0.1, 0.15) is 5.56 Å². The maximum Gasteiger partial charge on any atom is 0.142 e. The van der Waals surface area contributed by atoms with Gasteiger partial charge in [0.1, 0.15) is 5.82 Å². The Morgan fingerprint density at radius 3 is 2.85 bits per heavy atom. The lowest BCUT2D eigenvalue weighted by Crippen LogP contribution is -1.97. The largest absolute Gasteiger partial charge is 0.327 e. The number of aryl methyl sites for hydroxylation is 1. The van der Waals surface area contributed by atoms with Crippen molar-refractivity contribution < 1.29 is 0 Å². The van der Waals surface area contributed by atoms with E-state index in [1.54, 1.807) is 0 Å². The van der Waals surface area contributed by atoms with Crippen LogP contribution in [0.5, 0.6) is 0 Å². The molecule has 0 radical (unpaired) electrons. The lowest BCUT2D eigenvalue weighted by molar-refractivity contribution is 0.958. The molecule has 3 rings (SSSR count). The molecule has 0 fully saturated rings. The Labute approximate surface area is 130 Å². The highest BCUT2D eigenvalue weighted by atomic mass is 79.9. The van der Waals surface area contributed by atoms with Crippen LogP contribution in [0.2, 0.25) is 5.02 Å². The summed E-state index contributed by atoms with van der Waals surface area (Å²) in [5.74, 6) is 0.871. The van der Waals surface area contributed by atoms with Gasteiger partial charge in [-0.05, 0) is 29.8 Å². The number of aromatic nitrogens is 2. The first-order valence-electron chi connectivity index (χ1n) is 6.21. The van der Waals surface area contributed by atoms with Gasteiger partial charge in [0.05, 0.1) is 11.0 Å². The molecule has 0 spiro atoms. The van der Waals surface area contributed by atoms with Gasteiger partial charge in [0, 0.05) is 28.7 Å². The monoisotopic (exact) mass is 349 g/mol. The van der Waals surface area contributed by atoms with Crippen LogP contribution in [-0.2, 0) is 13.6 Å². The number of rotatable bonds is 2. The summed E-state index contributed by atoms with van der Waals surface area (Å²) in [4.78, 5) is 4.75. The second kappa shape index (κ2) is 5.20. The summed E-state index contributed by atoms with van der Waals surface area (Å²) in [6, 6.07) is 11.7. The highest BCUT2D eigenvalue weighted by Gasteiger charge is 2.14. The van der Waals surface area contributed by atoms with Crippen LogP contribution in [0.4, 0.5) is 0 Å². The van der Waals surface area contributed by atoms with Gasteiger partial charge in [-0.15, -0.1) is 0 Å². The first-order valence-corrected chi connectivity index (χ1v) is 7.38. The second-order valence-corrected chi connectivity index (χ2v) is 5.90. The number of hydrogen-bond acceptors (Lipinski definition) is 2. The van der Waals surface area contributed by atoms with Crippen molar-refractivity contribution in [1.29, 1.82) is 0 Å². The standard InChI is InChI=1S/C15H13BrClN3/c1-20-13-4-2-3-9(8-18)14(13)19-15(20)11-7-10(17)5-6-12(11)16/h2-7H,8,18H2,1H3. The fourth-order valence-corrected chi connectivity index (χ4v) is 2.94. The number of hydrogen-bond donors (Lipinski definition) is 1. The number of nitrogens with two attached hydrogens (primary N) is 1. The first kappa shape index (κ1) is 13.6. The van der Waals surface area contributed by atoms with Crippen LogP contribution in [-0.4, -0.2) is 9.55 Å². The van der Waals surface area contributed by atoms with Gasteiger partial charge in [-0.25, -0.2) is 4.98 Å². The predicted molar refractivity (Wildman–Crippen MR) is 86.8 cm³/mol. The zero-order valence-electron chi connectivity index (χ0n) is 10.9. The molecule has 0 unspecified atom stereocenters. The summed E-state index contributed by atoms with van der Waals surface area (Å²) >= 11 is 9.66. The molecule has 3 nitrogen and oxygen atoms in total. The van der Waals surface area contributed by atoms with Gasteiger partial charge in [0.15, 0.2) is 0 Å². The minimum atomic E-state index is 0.477. The van der Waals surface area contributed by atoms with E-state index in [0.29, 0.717) is 11.6 Å². The zero-order chi connectivity index (χ0) is 14.3. The van der Waals surface area contributed by atoms with E-state index < -0.39 is 0 Å². The first-order chi connectivity index (χ1) is 9.61. The van der Waals surface area contributed by atoms with E-state index >= 15 is 0 Å². The van der Waals surface area contributed by atoms with E-state index in [1.807, 2.05) is 43.4 Å². The lowest BCUT2D eigenvalue weighted by atomic mass is 10.2. The number of imidazole rings is 1. The normalized spacial score (nSPS) is 11.2. The molecule has 0 bridgehead atoms. The Morgan fingerprint density at radius 2 is 2.10 bits per heavy atom. The SMILES string of the molecule is Cn1c(-c2cc(Cl)ccc2Br)nc2c(CN)cccc21. The maximum atomic E-state index is 6.10. The van der Waals surface area contributed by atoms with Gasteiger partial charge in [-0.1, -0.05) is 39.7 Å². The number of nitrogens with zero attached hydrogens (tertiary/aromatic N) is 2. The minimum absolute atomic E-state index is 0.477. The summed E-state index contributed by atoms with van der Waals surface area (Å²) in [6.07, 6.45) is 0. The molecule has 0 atom stereocenters. The van der Waals surface area contributed by atoms with Crippen LogP contribution < -0.4 is 5.73 Å². The smallest absolute Gasteiger partial charge is 0.142 e. The van der Waals surface area contributed by atoms with Crippen molar-refractivity contribution in [3.63, 3.8) is 0 Å². The van der Waals surface area contributed by atoms with E-state index in [0.717, 1.165) is 32.5 Å². The van der Waals surface area contributed by atoms with E-state index in [1.165, 1.54) is 0 Å². The molecule has 2 N–H and O–H groups in total. The van der Waals surface area contributed by atoms with Crippen molar-refractivity contribution in [2.75, 3.05) is 0 Å². The number of halogens is 2. The van der Waals surface area contributed by atoms with Gasteiger partial charge in [0.2, 0.25) is 0 Å². The summed E-state index contributed by atoms with van der Waals surface area (Å²) in [6.45, 7) is 0.477. The van der Waals surface area contributed by atoms with Gasteiger partial charge in [0.25, 0.3) is 0 Å². The molecule has 2 aromatic carbocycles. The molecule has 0 aliphatic carbocycles. The summed E-state index contributed by atoms with van der Waals surface area (Å²) in [7, 11) is 2.00. The third kappa shape index (κ3) is 2.14. The lowest BCUT2D eigenvalue weighted by Gasteiger charge is -2.05. The van der Waals surface area contributed by atoms with Crippen molar-refractivity contribution in [2.45, 2.75) is 6.54 Å². The van der Waals surface area contributed by atoms with Crippen molar-refractivity contribution in [2.24, 2.45) is 12.8 Å². The molecule has 0 aliphatic rings. The number of para-hydroxylation sites is 1. The van der Waals surface area contributed by atoms with Crippen molar-refractivity contribution in [3.05, 3.63) is 51.5 Å². The average Bonchev–Trinajstić information content (AvgIpc) is 2.79. The van der Waals surface area contributed by atoms with Crippen LogP contribution in [0.25, 0.3) is 22.4 Å². The van der Waals surface area contributed by atoms with Crippen LogP contribution in [0.15, 0.2) is 40.9 Å². The summed E-state index contributed by atoms with van der Waals surface area (Å²) < 4.78 is 3.03. The summed E-state index contributed by atoms with van der Waals surface area (Å²) in [5, 5.41) is 0.689. The highest BCUT2D eigenvalue weighted by molar-refractivity contribution is 9.10. The van der Waals surface area contributed by atoms with Gasteiger partial charge < -0.3 is 10.3 Å². The Kier molecular flexibility index (Phi) is 3.54. The molecular weight excluding hydrogens is 338 g/mol. The Hall–Kier alpha value is -1.36. The van der Waals surface area contributed by atoms with Gasteiger partial charge in [-0.3, -0.25) is 0 Å². The quantitative estimate of drug-likeness (QED) is 0.755. The third-order valence-corrected chi connectivity index (χ3v) is 4.31. The maximum absolute atomic E-state index is 6.10. The molecule has 5 heteroatoms. The molecule has 1 heterocycles. The molecule has 3 aromatic rings. The minimum Gasteiger partial charge on any atom is -0.327 e. The molecular formula is C15H13BrClN3. The van der Waals surface area contributed by atoms with E-state index in [2.05, 4.69) is 20.5 Å². The zero-order valence-corrected chi connectivity index (χ0v) is 13.2. The van der Waals surface area contributed by atoms with Crippen LogP contribution in [0.3, 0.4) is 0 Å². The Bertz CT molecular complexity index is 795. The molecule has 102 valence electrons. The fourth-order valence-electron chi connectivity index (χ4n) is 2.35. The average molecular weight is 351 g/mol. The van der Waals surface area contributed by atoms with E-state index in [9.17, 15) is 0 Å². The Morgan fingerprint density at radius 1 is 1.30 bits per heavy atom. The van der Waals surface area contributed by atoms with Crippen molar-refractivity contribution in [1.82, 2.24) is 9.55 Å². The topological polar surface area (TPSA) is 43.8 Å². The molecule has 1 aromatic heterocycles. The van der Waals surface area contributed by atoms with Crippen molar-refractivity contribution >= 4 is 38.6 Å². The molecule has 20 heavy (non-hydrogen) atoms. The molecule has 0 saturated carbocycles. The molecule has 0 aliphatic heterocycles. The van der Waals surface area contributed by atoms with E-state index in [4.69, 9.17) is 22.3 Å². The van der Waals surface area contributed by atoms with E-state index in [-0.39, 0.29) is 0 Å². The second-order valence-electron chi connectivity index (χ2n) is 4.61. The van der Waals surface area contributed by atoms with Crippen LogP contribution >= 0.6 is 27.5 Å². The Balaban J connectivity index is 2.32. The number of fused-ring (bicyclic) bond motifs is 1. The molecule has 0 amide bonds. The summed E-state index contributed by atoms with van der Waals surface area (Å²) in [5.41, 5.74) is 9.81.